The molecule has 1 aromatic rings. The molecule has 0 bridgehead atoms. The highest BCUT2D eigenvalue weighted by atomic mass is 19.4. The summed E-state index contributed by atoms with van der Waals surface area (Å²) in [4.78, 5) is 10.9. The summed E-state index contributed by atoms with van der Waals surface area (Å²) in [5, 5.41) is 11.9. The van der Waals surface area contributed by atoms with Crippen LogP contribution in [0.2, 0.25) is 0 Å². The van der Waals surface area contributed by atoms with E-state index in [9.17, 15) is 18.0 Å². The van der Waals surface area contributed by atoms with E-state index in [1.807, 2.05) is 0 Å². The summed E-state index contributed by atoms with van der Waals surface area (Å²) in [6, 6.07) is 2.94. The molecule has 2 rings (SSSR count). The summed E-state index contributed by atoms with van der Waals surface area (Å²) in [6.45, 7) is 0.296. The number of carboxylic acid groups (broad SMARTS) is 1. The van der Waals surface area contributed by atoms with Crippen LogP contribution in [0.5, 0.6) is 5.75 Å². The van der Waals surface area contributed by atoms with Crippen molar-refractivity contribution in [3.05, 3.63) is 29.3 Å². The lowest BCUT2D eigenvalue weighted by molar-refractivity contribution is -0.141. The fourth-order valence-electron chi connectivity index (χ4n) is 2.34. The Hall–Kier alpha value is -1.76. The average Bonchev–Trinajstić information content (AvgIpc) is 2.86. The zero-order chi connectivity index (χ0) is 14.9. The largest absolute Gasteiger partial charge is 0.496 e. The fourth-order valence-corrected chi connectivity index (χ4v) is 2.34. The van der Waals surface area contributed by atoms with E-state index in [1.54, 1.807) is 0 Å². The Morgan fingerprint density at radius 3 is 2.65 bits per heavy atom. The van der Waals surface area contributed by atoms with Crippen LogP contribution in [0.3, 0.4) is 0 Å². The number of halogens is 3. The third-order valence-corrected chi connectivity index (χ3v) is 3.42. The van der Waals surface area contributed by atoms with Gasteiger partial charge in [-0.15, -0.1) is 0 Å². The van der Waals surface area contributed by atoms with E-state index >= 15 is 0 Å². The van der Waals surface area contributed by atoms with E-state index in [2.05, 4.69) is 5.32 Å². The minimum atomic E-state index is -4.43. The minimum Gasteiger partial charge on any atom is -0.496 e. The molecular weight excluding hydrogens is 275 g/mol. The number of alkyl halides is 3. The van der Waals surface area contributed by atoms with Crippen molar-refractivity contribution in [2.45, 2.75) is 18.6 Å². The normalized spacial score (nSPS) is 22.8. The average molecular weight is 289 g/mol. The second-order valence-corrected chi connectivity index (χ2v) is 4.69. The third-order valence-electron chi connectivity index (χ3n) is 3.42. The highest BCUT2D eigenvalue weighted by molar-refractivity contribution is 5.71. The first-order valence-electron chi connectivity index (χ1n) is 6.04. The number of ether oxygens (including phenoxy) is 1. The van der Waals surface area contributed by atoms with Crippen molar-refractivity contribution in [1.82, 2.24) is 5.32 Å². The molecule has 1 heterocycles. The van der Waals surface area contributed by atoms with Crippen LogP contribution in [0.4, 0.5) is 13.2 Å². The predicted molar refractivity (Wildman–Crippen MR) is 64.5 cm³/mol. The van der Waals surface area contributed by atoms with Gasteiger partial charge in [-0.25, -0.2) is 0 Å². The number of carbonyl (C=O) groups is 1. The van der Waals surface area contributed by atoms with E-state index in [4.69, 9.17) is 9.84 Å². The smallest absolute Gasteiger partial charge is 0.416 e. The molecule has 1 saturated heterocycles. The van der Waals surface area contributed by atoms with E-state index in [0.29, 0.717) is 18.5 Å². The molecule has 1 aromatic carbocycles. The van der Waals surface area contributed by atoms with Gasteiger partial charge in [0.15, 0.2) is 0 Å². The standard InChI is InChI=1S/C13H14F3NO3/c1-20-11-5-8(13(14,15)16)2-3-9(11)10-4-7(6-17-10)12(18)19/h2-3,5,7,10,17H,4,6H2,1H3,(H,18,19). The predicted octanol–water partition coefficient (Wildman–Crippen LogP) is 2.45. The molecule has 0 spiro atoms. The van der Waals surface area contributed by atoms with Gasteiger partial charge in [-0.1, -0.05) is 6.07 Å². The van der Waals surface area contributed by atoms with Crippen molar-refractivity contribution >= 4 is 5.97 Å². The summed E-state index contributed by atoms with van der Waals surface area (Å²) >= 11 is 0. The summed E-state index contributed by atoms with van der Waals surface area (Å²) < 4.78 is 42.9. The number of methoxy groups -OCH3 is 1. The van der Waals surface area contributed by atoms with Crippen molar-refractivity contribution in [2.24, 2.45) is 5.92 Å². The molecule has 7 heteroatoms. The van der Waals surface area contributed by atoms with Crippen molar-refractivity contribution in [3.63, 3.8) is 0 Å². The minimum absolute atomic E-state index is 0.114. The molecule has 0 saturated carbocycles. The maximum atomic E-state index is 12.6. The first-order chi connectivity index (χ1) is 9.32. The van der Waals surface area contributed by atoms with Gasteiger partial charge in [0.05, 0.1) is 18.6 Å². The Balaban J connectivity index is 2.27. The molecule has 1 aliphatic heterocycles. The maximum Gasteiger partial charge on any atom is 0.416 e. The molecule has 20 heavy (non-hydrogen) atoms. The third kappa shape index (κ3) is 2.87. The summed E-state index contributed by atoms with van der Waals surface area (Å²) in [6.07, 6.45) is -4.10. The Morgan fingerprint density at radius 2 is 2.15 bits per heavy atom. The van der Waals surface area contributed by atoms with E-state index in [-0.39, 0.29) is 11.8 Å². The van der Waals surface area contributed by atoms with Gasteiger partial charge in [-0.3, -0.25) is 4.79 Å². The molecule has 110 valence electrons. The molecule has 1 fully saturated rings. The number of nitrogens with one attached hydrogen (secondary N) is 1. The number of carboxylic acids is 1. The van der Waals surface area contributed by atoms with Crippen LogP contribution in [-0.2, 0) is 11.0 Å². The zero-order valence-corrected chi connectivity index (χ0v) is 10.7. The van der Waals surface area contributed by atoms with Gasteiger partial charge in [0.25, 0.3) is 0 Å². The zero-order valence-electron chi connectivity index (χ0n) is 10.7. The SMILES string of the molecule is COc1cc(C(F)(F)F)ccc1C1CC(C(=O)O)CN1. The van der Waals surface area contributed by atoms with E-state index in [0.717, 1.165) is 12.1 Å². The summed E-state index contributed by atoms with van der Waals surface area (Å²) in [5.41, 5.74) is -0.241. The molecule has 1 aliphatic rings. The highest BCUT2D eigenvalue weighted by Gasteiger charge is 2.34. The van der Waals surface area contributed by atoms with Crippen LogP contribution in [-0.4, -0.2) is 24.7 Å². The van der Waals surface area contributed by atoms with E-state index in [1.165, 1.54) is 13.2 Å². The first kappa shape index (κ1) is 14.6. The molecule has 2 unspecified atom stereocenters. The monoisotopic (exact) mass is 289 g/mol. The van der Waals surface area contributed by atoms with Gasteiger partial charge in [0, 0.05) is 18.2 Å². The van der Waals surface area contributed by atoms with Gasteiger partial charge in [-0.05, 0) is 18.6 Å². The molecule has 2 atom stereocenters. The van der Waals surface area contributed by atoms with Crippen molar-refractivity contribution < 1.29 is 27.8 Å². The van der Waals surface area contributed by atoms with Gasteiger partial charge in [0.1, 0.15) is 5.75 Å². The molecule has 0 radical (unpaired) electrons. The molecular formula is C13H14F3NO3. The maximum absolute atomic E-state index is 12.6. The van der Waals surface area contributed by atoms with Gasteiger partial charge in [-0.2, -0.15) is 13.2 Å². The van der Waals surface area contributed by atoms with Crippen LogP contribution in [0.25, 0.3) is 0 Å². The van der Waals surface area contributed by atoms with Crippen molar-refractivity contribution in [2.75, 3.05) is 13.7 Å². The second kappa shape index (κ2) is 5.32. The second-order valence-electron chi connectivity index (χ2n) is 4.69. The molecule has 2 N–H and O–H groups in total. The number of hydrogen-bond donors (Lipinski definition) is 2. The van der Waals surface area contributed by atoms with E-state index < -0.39 is 23.6 Å². The van der Waals surface area contributed by atoms with Crippen molar-refractivity contribution in [1.29, 1.82) is 0 Å². The Morgan fingerprint density at radius 1 is 1.45 bits per heavy atom. The topological polar surface area (TPSA) is 58.6 Å². The fraction of sp³-hybridized carbons (Fsp3) is 0.462. The quantitative estimate of drug-likeness (QED) is 0.897. The Labute approximate surface area is 113 Å². The lowest BCUT2D eigenvalue weighted by Gasteiger charge is -2.17. The Kier molecular flexibility index (Phi) is 3.89. The summed E-state index contributed by atoms with van der Waals surface area (Å²) in [5.74, 6) is -1.33. The molecule has 0 amide bonds. The number of rotatable bonds is 3. The highest BCUT2D eigenvalue weighted by Crippen LogP contribution is 2.37. The van der Waals surface area contributed by atoms with Crippen LogP contribution in [0.15, 0.2) is 18.2 Å². The van der Waals surface area contributed by atoms with Gasteiger partial charge in [0.2, 0.25) is 0 Å². The van der Waals surface area contributed by atoms with Gasteiger partial charge >= 0.3 is 12.1 Å². The van der Waals surface area contributed by atoms with Crippen molar-refractivity contribution in [3.8, 4) is 5.75 Å². The molecule has 0 aromatic heterocycles. The lowest BCUT2D eigenvalue weighted by Crippen LogP contribution is -2.17. The number of aliphatic carboxylic acids is 1. The molecule has 0 aliphatic carbocycles. The number of hydrogen-bond acceptors (Lipinski definition) is 3. The van der Waals surface area contributed by atoms with Crippen LogP contribution < -0.4 is 10.1 Å². The summed E-state index contributed by atoms with van der Waals surface area (Å²) in [7, 11) is 1.29. The van der Waals surface area contributed by atoms with Crippen LogP contribution >= 0.6 is 0 Å². The molecule has 4 nitrogen and oxygen atoms in total. The van der Waals surface area contributed by atoms with Crippen LogP contribution in [0, 0.1) is 5.92 Å². The Bertz CT molecular complexity index is 516. The van der Waals surface area contributed by atoms with Gasteiger partial charge < -0.3 is 15.2 Å². The lowest BCUT2D eigenvalue weighted by atomic mass is 9.98. The number of benzene rings is 1. The first-order valence-corrected chi connectivity index (χ1v) is 6.04. The van der Waals surface area contributed by atoms with Crippen LogP contribution in [0.1, 0.15) is 23.6 Å².